The van der Waals surface area contributed by atoms with E-state index in [2.05, 4.69) is 39.0 Å². The molecule has 0 bridgehead atoms. The van der Waals surface area contributed by atoms with Gasteiger partial charge in [0, 0.05) is 22.8 Å². The molecule has 4 heteroatoms. The molecular formula is C21H24O4. The lowest BCUT2D eigenvalue weighted by molar-refractivity contribution is -0.0454. The smallest absolute Gasteiger partial charge is 0.187 e. The van der Waals surface area contributed by atoms with Crippen LogP contribution in [0.1, 0.15) is 61.5 Å². The molecule has 1 atom stereocenters. The van der Waals surface area contributed by atoms with E-state index in [0.717, 1.165) is 29.1 Å². The average molecular weight is 340 g/mol. The Morgan fingerprint density at radius 3 is 2.64 bits per heavy atom. The average Bonchev–Trinajstić information content (AvgIpc) is 3.33. The van der Waals surface area contributed by atoms with Crippen molar-refractivity contribution in [3.63, 3.8) is 0 Å². The Balaban J connectivity index is 1.62. The van der Waals surface area contributed by atoms with Crippen molar-refractivity contribution in [2.24, 2.45) is 0 Å². The van der Waals surface area contributed by atoms with Crippen molar-refractivity contribution in [2.45, 2.75) is 45.3 Å². The number of benzene rings is 1. The zero-order valence-electron chi connectivity index (χ0n) is 15.0. The highest BCUT2D eigenvalue weighted by molar-refractivity contribution is 5.82. The Kier molecular flexibility index (Phi) is 4.40. The standard InChI is InChI=1S/C21H24O4/c1-13(2)19-12-17-15(5-4-6-18(17)25-19)11-14(3)20-16(7-8-22-20)21-23-9-10-24-21/h4-8,12-14,21H,9-11H2,1-3H3. The van der Waals surface area contributed by atoms with E-state index in [-0.39, 0.29) is 12.2 Å². The Bertz CT molecular complexity index is 852. The molecule has 1 aliphatic heterocycles. The zero-order valence-corrected chi connectivity index (χ0v) is 15.0. The minimum atomic E-state index is -0.298. The first-order chi connectivity index (χ1) is 12.1. The molecule has 0 aliphatic carbocycles. The molecule has 0 amide bonds. The van der Waals surface area contributed by atoms with Crippen LogP contribution in [0.25, 0.3) is 11.0 Å². The molecule has 3 heterocycles. The predicted octanol–water partition coefficient (Wildman–Crippen LogP) is 5.54. The van der Waals surface area contributed by atoms with E-state index in [1.807, 2.05) is 12.1 Å². The summed E-state index contributed by atoms with van der Waals surface area (Å²) >= 11 is 0. The van der Waals surface area contributed by atoms with Gasteiger partial charge in [-0.2, -0.15) is 0 Å². The third-order valence-electron chi connectivity index (χ3n) is 4.82. The van der Waals surface area contributed by atoms with E-state index < -0.39 is 0 Å². The lowest BCUT2D eigenvalue weighted by Gasteiger charge is -2.15. The largest absolute Gasteiger partial charge is 0.469 e. The Morgan fingerprint density at radius 1 is 1.08 bits per heavy atom. The number of rotatable bonds is 5. The van der Waals surface area contributed by atoms with Crippen LogP contribution in [0.2, 0.25) is 0 Å². The molecule has 1 aromatic carbocycles. The minimum Gasteiger partial charge on any atom is -0.469 e. The van der Waals surface area contributed by atoms with Gasteiger partial charge in [-0.25, -0.2) is 0 Å². The fourth-order valence-corrected chi connectivity index (χ4v) is 3.49. The number of hydrogen-bond donors (Lipinski definition) is 0. The third kappa shape index (κ3) is 3.12. The van der Waals surface area contributed by atoms with Crippen molar-refractivity contribution in [3.05, 3.63) is 59.2 Å². The van der Waals surface area contributed by atoms with Crippen LogP contribution in [0.3, 0.4) is 0 Å². The van der Waals surface area contributed by atoms with Gasteiger partial charge in [-0.05, 0) is 30.2 Å². The second-order valence-electron chi connectivity index (χ2n) is 7.05. The molecule has 1 aliphatic rings. The molecule has 4 rings (SSSR count). The molecule has 25 heavy (non-hydrogen) atoms. The van der Waals surface area contributed by atoms with Gasteiger partial charge in [0.2, 0.25) is 0 Å². The van der Waals surface area contributed by atoms with Crippen LogP contribution in [-0.2, 0) is 15.9 Å². The Morgan fingerprint density at radius 2 is 1.88 bits per heavy atom. The summed E-state index contributed by atoms with van der Waals surface area (Å²) in [6, 6.07) is 10.4. The summed E-state index contributed by atoms with van der Waals surface area (Å²) in [6.07, 6.45) is 2.30. The van der Waals surface area contributed by atoms with Crippen LogP contribution in [-0.4, -0.2) is 13.2 Å². The molecule has 132 valence electrons. The van der Waals surface area contributed by atoms with E-state index >= 15 is 0 Å². The van der Waals surface area contributed by atoms with E-state index in [1.54, 1.807) is 6.26 Å². The number of furan rings is 2. The Labute approximate surface area is 147 Å². The van der Waals surface area contributed by atoms with Crippen molar-refractivity contribution in [1.29, 1.82) is 0 Å². The molecule has 1 unspecified atom stereocenters. The van der Waals surface area contributed by atoms with Gasteiger partial charge in [0.15, 0.2) is 6.29 Å². The maximum absolute atomic E-state index is 5.98. The van der Waals surface area contributed by atoms with Crippen molar-refractivity contribution in [1.82, 2.24) is 0 Å². The second-order valence-corrected chi connectivity index (χ2v) is 7.05. The van der Waals surface area contributed by atoms with Crippen molar-refractivity contribution in [3.8, 4) is 0 Å². The van der Waals surface area contributed by atoms with Gasteiger partial charge in [0.25, 0.3) is 0 Å². The lowest BCUT2D eigenvalue weighted by atomic mass is 9.94. The quantitative estimate of drug-likeness (QED) is 0.611. The van der Waals surface area contributed by atoms with Crippen molar-refractivity contribution >= 4 is 11.0 Å². The Hall–Kier alpha value is -2.04. The molecule has 1 saturated heterocycles. The topological polar surface area (TPSA) is 44.7 Å². The van der Waals surface area contributed by atoms with Gasteiger partial charge >= 0.3 is 0 Å². The fourth-order valence-electron chi connectivity index (χ4n) is 3.49. The second kappa shape index (κ2) is 6.70. The number of hydrogen-bond acceptors (Lipinski definition) is 4. The predicted molar refractivity (Wildman–Crippen MR) is 95.8 cm³/mol. The summed E-state index contributed by atoms with van der Waals surface area (Å²) in [5, 5.41) is 1.19. The fraction of sp³-hybridized carbons (Fsp3) is 0.429. The van der Waals surface area contributed by atoms with E-state index in [9.17, 15) is 0 Å². The molecule has 3 aromatic rings. The van der Waals surface area contributed by atoms with Gasteiger partial charge in [-0.15, -0.1) is 0 Å². The monoisotopic (exact) mass is 340 g/mol. The highest BCUT2D eigenvalue weighted by Crippen LogP contribution is 2.35. The maximum atomic E-state index is 5.98. The van der Waals surface area contributed by atoms with Crippen LogP contribution in [0.15, 0.2) is 45.4 Å². The molecule has 0 radical (unpaired) electrons. The summed E-state index contributed by atoms with van der Waals surface area (Å²) in [5.41, 5.74) is 3.24. The van der Waals surface area contributed by atoms with Gasteiger partial charge < -0.3 is 18.3 Å². The molecule has 1 fully saturated rings. The SMILES string of the molecule is CC(C)c1cc2c(CC(C)c3occc3C3OCCO3)cccc2o1. The van der Waals surface area contributed by atoms with Gasteiger partial charge in [-0.3, -0.25) is 0 Å². The number of fused-ring (bicyclic) bond motifs is 1. The summed E-state index contributed by atoms with van der Waals surface area (Å²) < 4.78 is 23.0. The minimum absolute atomic E-state index is 0.223. The van der Waals surface area contributed by atoms with Crippen LogP contribution < -0.4 is 0 Å². The third-order valence-corrected chi connectivity index (χ3v) is 4.82. The molecule has 0 saturated carbocycles. The molecule has 4 nitrogen and oxygen atoms in total. The maximum Gasteiger partial charge on any atom is 0.187 e. The lowest BCUT2D eigenvalue weighted by Crippen LogP contribution is -2.05. The highest BCUT2D eigenvalue weighted by atomic mass is 16.7. The van der Waals surface area contributed by atoms with Gasteiger partial charge in [-0.1, -0.05) is 32.9 Å². The summed E-state index contributed by atoms with van der Waals surface area (Å²) in [4.78, 5) is 0. The summed E-state index contributed by atoms with van der Waals surface area (Å²) in [6.45, 7) is 7.75. The van der Waals surface area contributed by atoms with Crippen LogP contribution >= 0.6 is 0 Å². The summed E-state index contributed by atoms with van der Waals surface area (Å²) in [5.74, 6) is 2.57. The molecule has 0 spiro atoms. The van der Waals surface area contributed by atoms with Crippen LogP contribution in [0, 0.1) is 0 Å². The summed E-state index contributed by atoms with van der Waals surface area (Å²) in [7, 11) is 0. The normalized spacial score (nSPS) is 17.0. The first kappa shape index (κ1) is 16.4. The van der Waals surface area contributed by atoms with Crippen molar-refractivity contribution in [2.75, 3.05) is 13.2 Å². The molecule has 2 aromatic heterocycles. The zero-order chi connectivity index (χ0) is 17.4. The highest BCUT2D eigenvalue weighted by Gasteiger charge is 2.26. The van der Waals surface area contributed by atoms with Gasteiger partial charge in [0.1, 0.15) is 17.1 Å². The number of ether oxygens (including phenoxy) is 2. The van der Waals surface area contributed by atoms with Gasteiger partial charge in [0.05, 0.1) is 19.5 Å². The van der Waals surface area contributed by atoms with Crippen molar-refractivity contribution < 1.29 is 18.3 Å². The van der Waals surface area contributed by atoms with E-state index in [4.69, 9.17) is 18.3 Å². The molecule has 0 N–H and O–H groups in total. The van der Waals surface area contributed by atoms with Crippen LogP contribution in [0.5, 0.6) is 0 Å². The first-order valence-electron chi connectivity index (χ1n) is 8.95. The van der Waals surface area contributed by atoms with E-state index in [0.29, 0.717) is 19.1 Å². The molecular weight excluding hydrogens is 316 g/mol. The van der Waals surface area contributed by atoms with E-state index in [1.165, 1.54) is 10.9 Å². The van der Waals surface area contributed by atoms with Crippen LogP contribution in [0.4, 0.5) is 0 Å². The first-order valence-corrected chi connectivity index (χ1v) is 8.95.